The third kappa shape index (κ3) is 3.48. The van der Waals surface area contributed by atoms with Crippen LogP contribution in [0.4, 0.5) is 0 Å². The van der Waals surface area contributed by atoms with Gasteiger partial charge in [0.25, 0.3) is 0 Å². The number of hydrogen-bond acceptors (Lipinski definition) is 5. The highest BCUT2D eigenvalue weighted by Crippen LogP contribution is 2.28. The van der Waals surface area contributed by atoms with Crippen molar-refractivity contribution in [2.45, 2.75) is 5.16 Å². The number of rotatable bonds is 6. The predicted octanol–water partition coefficient (Wildman–Crippen LogP) is 3.67. The van der Waals surface area contributed by atoms with Crippen LogP contribution < -0.4 is 4.74 Å². The Kier molecular flexibility index (Phi) is 5.15. The second-order valence-corrected chi connectivity index (χ2v) is 6.05. The zero-order valence-corrected chi connectivity index (χ0v) is 14.1. The van der Waals surface area contributed by atoms with E-state index in [1.807, 2.05) is 41.0 Å². The molecule has 0 bridgehead atoms. The molecule has 2 aromatic heterocycles. The van der Waals surface area contributed by atoms with Crippen molar-refractivity contribution < 1.29 is 4.74 Å². The first-order valence-corrected chi connectivity index (χ1v) is 8.54. The van der Waals surface area contributed by atoms with Gasteiger partial charge in [-0.25, -0.2) is 0 Å². The number of benzene rings is 1. The average molecular weight is 347 g/mol. The maximum Gasteiger partial charge on any atom is 0.196 e. The molecule has 0 unspecified atom stereocenters. The van der Waals surface area contributed by atoms with Gasteiger partial charge >= 0.3 is 0 Å². The van der Waals surface area contributed by atoms with E-state index in [-0.39, 0.29) is 0 Å². The molecule has 0 fully saturated rings. The van der Waals surface area contributed by atoms with Crippen molar-refractivity contribution in [3.63, 3.8) is 0 Å². The Morgan fingerprint density at radius 3 is 2.48 bits per heavy atom. The normalized spacial score (nSPS) is 10.7. The molecule has 1 aromatic carbocycles. The third-order valence-electron chi connectivity index (χ3n) is 3.21. The molecule has 7 heteroatoms. The van der Waals surface area contributed by atoms with E-state index in [1.54, 1.807) is 31.3 Å². The standard InChI is InChI=1S/C16H15ClN4OS/c1-22-14-4-2-13(3-5-14)21-15(12-6-9-18-10-7-12)19-20-16(21)23-11-8-17/h2-7,9-10H,8,11H2,1H3. The Balaban J connectivity index is 2.08. The van der Waals surface area contributed by atoms with Gasteiger partial charge in [-0.2, -0.15) is 0 Å². The average Bonchev–Trinajstić information content (AvgIpc) is 3.04. The SMILES string of the molecule is COc1ccc(-n2c(SCCCl)nnc2-c2ccncc2)cc1. The van der Waals surface area contributed by atoms with E-state index in [0.29, 0.717) is 5.88 Å². The van der Waals surface area contributed by atoms with E-state index in [9.17, 15) is 0 Å². The van der Waals surface area contributed by atoms with E-state index in [1.165, 1.54) is 0 Å². The van der Waals surface area contributed by atoms with Gasteiger partial charge in [-0.05, 0) is 36.4 Å². The minimum atomic E-state index is 0.560. The molecule has 0 radical (unpaired) electrons. The van der Waals surface area contributed by atoms with Crippen LogP contribution >= 0.6 is 23.4 Å². The zero-order chi connectivity index (χ0) is 16.1. The zero-order valence-electron chi connectivity index (χ0n) is 12.5. The molecule has 0 amide bonds. The lowest BCUT2D eigenvalue weighted by Crippen LogP contribution is -2.00. The Hall–Kier alpha value is -2.05. The first-order valence-electron chi connectivity index (χ1n) is 7.02. The van der Waals surface area contributed by atoms with Crippen LogP contribution in [0.15, 0.2) is 53.9 Å². The van der Waals surface area contributed by atoms with Crippen LogP contribution in [0, 0.1) is 0 Å². The molecular weight excluding hydrogens is 332 g/mol. The number of halogens is 1. The summed E-state index contributed by atoms with van der Waals surface area (Å²) >= 11 is 7.39. The maximum absolute atomic E-state index is 5.81. The summed E-state index contributed by atoms with van der Waals surface area (Å²) in [6, 6.07) is 11.6. The van der Waals surface area contributed by atoms with Crippen LogP contribution in [0.2, 0.25) is 0 Å². The topological polar surface area (TPSA) is 52.8 Å². The molecular formula is C16H15ClN4OS. The van der Waals surface area contributed by atoms with Gasteiger partial charge in [-0.1, -0.05) is 11.8 Å². The summed E-state index contributed by atoms with van der Waals surface area (Å²) in [6.45, 7) is 0. The van der Waals surface area contributed by atoms with Crippen LogP contribution in [0.3, 0.4) is 0 Å². The number of pyridine rings is 1. The number of thioether (sulfide) groups is 1. The molecule has 3 rings (SSSR count). The summed E-state index contributed by atoms with van der Waals surface area (Å²) in [5.41, 5.74) is 1.93. The monoisotopic (exact) mass is 346 g/mol. The molecule has 118 valence electrons. The molecule has 0 spiro atoms. The summed E-state index contributed by atoms with van der Waals surface area (Å²) in [7, 11) is 1.65. The van der Waals surface area contributed by atoms with Crippen LogP contribution in [-0.4, -0.2) is 38.5 Å². The van der Waals surface area contributed by atoms with Gasteiger partial charge in [0, 0.05) is 35.3 Å². The number of ether oxygens (including phenoxy) is 1. The first kappa shape index (κ1) is 15.8. The Labute approximate surface area is 143 Å². The number of alkyl halides is 1. The third-order valence-corrected chi connectivity index (χ3v) is 4.55. The van der Waals surface area contributed by atoms with Crippen LogP contribution in [0.25, 0.3) is 17.1 Å². The van der Waals surface area contributed by atoms with E-state index in [2.05, 4.69) is 15.2 Å². The lowest BCUT2D eigenvalue weighted by molar-refractivity contribution is 0.414. The Bertz CT molecular complexity index is 762. The van der Waals surface area contributed by atoms with Crippen molar-refractivity contribution in [1.29, 1.82) is 0 Å². The number of hydrogen-bond donors (Lipinski definition) is 0. The maximum atomic E-state index is 5.81. The minimum absolute atomic E-state index is 0.560. The molecule has 2 heterocycles. The van der Waals surface area contributed by atoms with Crippen molar-refractivity contribution in [2.75, 3.05) is 18.7 Å². The minimum Gasteiger partial charge on any atom is -0.497 e. The molecule has 5 nitrogen and oxygen atoms in total. The summed E-state index contributed by atoms with van der Waals surface area (Å²) in [5, 5.41) is 9.47. The fourth-order valence-electron chi connectivity index (χ4n) is 2.15. The van der Waals surface area contributed by atoms with E-state index >= 15 is 0 Å². The van der Waals surface area contributed by atoms with Crippen molar-refractivity contribution in [1.82, 2.24) is 19.7 Å². The second-order valence-electron chi connectivity index (χ2n) is 4.61. The first-order chi connectivity index (χ1) is 11.3. The van der Waals surface area contributed by atoms with Gasteiger partial charge in [-0.15, -0.1) is 21.8 Å². The molecule has 0 aliphatic heterocycles. The molecule has 0 saturated heterocycles. The van der Waals surface area contributed by atoms with E-state index in [0.717, 1.165) is 33.7 Å². The Morgan fingerprint density at radius 1 is 1.09 bits per heavy atom. The summed E-state index contributed by atoms with van der Waals surface area (Å²) in [6.07, 6.45) is 3.49. The highest BCUT2D eigenvalue weighted by Gasteiger charge is 2.15. The predicted molar refractivity (Wildman–Crippen MR) is 92.6 cm³/mol. The van der Waals surface area contributed by atoms with E-state index in [4.69, 9.17) is 16.3 Å². The van der Waals surface area contributed by atoms with Crippen molar-refractivity contribution >= 4 is 23.4 Å². The van der Waals surface area contributed by atoms with Crippen LogP contribution in [0.5, 0.6) is 5.75 Å². The van der Waals surface area contributed by atoms with Gasteiger partial charge in [0.05, 0.1) is 7.11 Å². The van der Waals surface area contributed by atoms with Crippen LogP contribution in [-0.2, 0) is 0 Å². The van der Waals surface area contributed by atoms with Gasteiger partial charge in [0.2, 0.25) is 0 Å². The smallest absolute Gasteiger partial charge is 0.196 e. The van der Waals surface area contributed by atoms with Gasteiger partial charge in [-0.3, -0.25) is 9.55 Å². The quantitative estimate of drug-likeness (QED) is 0.503. The highest BCUT2D eigenvalue weighted by molar-refractivity contribution is 7.99. The highest BCUT2D eigenvalue weighted by atomic mass is 35.5. The van der Waals surface area contributed by atoms with Gasteiger partial charge in [0.1, 0.15) is 5.75 Å². The lowest BCUT2D eigenvalue weighted by atomic mass is 10.2. The molecule has 0 N–H and O–H groups in total. The molecule has 23 heavy (non-hydrogen) atoms. The van der Waals surface area contributed by atoms with Crippen molar-refractivity contribution in [3.05, 3.63) is 48.8 Å². The van der Waals surface area contributed by atoms with Crippen LogP contribution in [0.1, 0.15) is 0 Å². The fraction of sp³-hybridized carbons (Fsp3) is 0.188. The molecule has 0 aliphatic rings. The number of nitrogens with zero attached hydrogens (tertiary/aromatic N) is 4. The Morgan fingerprint density at radius 2 is 1.83 bits per heavy atom. The summed E-state index contributed by atoms with van der Waals surface area (Å²) in [4.78, 5) is 4.06. The molecule has 0 atom stereocenters. The molecule has 3 aromatic rings. The lowest BCUT2D eigenvalue weighted by Gasteiger charge is -2.10. The van der Waals surface area contributed by atoms with Crippen molar-refractivity contribution in [3.8, 4) is 22.8 Å². The number of aromatic nitrogens is 4. The van der Waals surface area contributed by atoms with E-state index < -0.39 is 0 Å². The summed E-state index contributed by atoms with van der Waals surface area (Å²) < 4.78 is 7.24. The molecule has 0 aliphatic carbocycles. The second kappa shape index (κ2) is 7.48. The van der Waals surface area contributed by atoms with Crippen molar-refractivity contribution in [2.24, 2.45) is 0 Å². The van der Waals surface area contributed by atoms with Gasteiger partial charge < -0.3 is 4.74 Å². The number of methoxy groups -OCH3 is 1. The molecule has 0 saturated carbocycles. The summed E-state index contributed by atoms with van der Waals surface area (Å²) in [5.74, 6) is 2.91. The fourth-order valence-corrected chi connectivity index (χ4v) is 3.06. The van der Waals surface area contributed by atoms with Gasteiger partial charge in [0.15, 0.2) is 11.0 Å². The largest absolute Gasteiger partial charge is 0.497 e.